The summed E-state index contributed by atoms with van der Waals surface area (Å²) in [6.45, 7) is 2.16. The van der Waals surface area contributed by atoms with Gasteiger partial charge < -0.3 is 10.2 Å². The van der Waals surface area contributed by atoms with Gasteiger partial charge >= 0.3 is 0 Å². The van der Waals surface area contributed by atoms with E-state index in [0.29, 0.717) is 11.3 Å². The van der Waals surface area contributed by atoms with E-state index in [9.17, 15) is 10.1 Å². The number of para-hydroxylation sites is 1. The maximum absolute atomic E-state index is 10.9. The lowest BCUT2D eigenvalue weighted by atomic mass is 10.1. The van der Waals surface area contributed by atoms with Crippen LogP contribution in [0, 0.1) is 17.0 Å². The van der Waals surface area contributed by atoms with Crippen LogP contribution in [0.1, 0.15) is 11.1 Å². The first-order chi connectivity index (χ1) is 9.61. The van der Waals surface area contributed by atoms with Crippen molar-refractivity contribution >= 4 is 11.4 Å². The Morgan fingerprint density at radius 2 is 2.05 bits per heavy atom. The minimum Gasteiger partial charge on any atom is -0.489 e. The third-order valence-electron chi connectivity index (χ3n) is 2.85. The van der Waals surface area contributed by atoms with Crippen LogP contribution < -0.4 is 16.0 Å². The Bertz CT molecular complexity index is 629. The summed E-state index contributed by atoms with van der Waals surface area (Å²) in [6.07, 6.45) is 0. The van der Waals surface area contributed by atoms with Gasteiger partial charge in [0.25, 0.3) is 5.69 Å². The van der Waals surface area contributed by atoms with E-state index in [0.717, 1.165) is 5.56 Å². The fourth-order valence-corrected chi connectivity index (χ4v) is 1.89. The van der Waals surface area contributed by atoms with Gasteiger partial charge in [-0.05, 0) is 24.6 Å². The topological polar surface area (TPSA) is 90.4 Å². The summed E-state index contributed by atoms with van der Waals surface area (Å²) in [5.41, 5.74) is 4.28. The summed E-state index contributed by atoms with van der Waals surface area (Å²) in [5, 5.41) is 10.9. The summed E-state index contributed by atoms with van der Waals surface area (Å²) in [4.78, 5) is 10.4. The molecule has 0 atom stereocenters. The van der Waals surface area contributed by atoms with Gasteiger partial charge in [-0.1, -0.05) is 24.3 Å². The number of nitrogens with one attached hydrogen (secondary N) is 1. The standard InChI is InChI=1S/C14H15N3O3/c1-10-4-2-6-12(8-10)20-9-11-5-3-7-13(17(18)19)14(11)16-15/h2-8,16H,9,15H2,1H3. The molecule has 2 rings (SSSR count). The lowest BCUT2D eigenvalue weighted by Crippen LogP contribution is -2.12. The number of nitrogens with two attached hydrogens (primary N) is 1. The van der Waals surface area contributed by atoms with E-state index in [4.69, 9.17) is 10.6 Å². The number of benzene rings is 2. The van der Waals surface area contributed by atoms with Gasteiger partial charge in [-0.3, -0.25) is 16.0 Å². The minimum atomic E-state index is -0.481. The Balaban J connectivity index is 2.21. The molecule has 6 nitrogen and oxygen atoms in total. The quantitative estimate of drug-likeness (QED) is 0.496. The highest BCUT2D eigenvalue weighted by Crippen LogP contribution is 2.28. The first-order valence-electron chi connectivity index (χ1n) is 6.04. The molecule has 2 aromatic rings. The Morgan fingerprint density at radius 3 is 2.70 bits per heavy atom. The molecule has 0 radical (unpaired) electrons. The Kier molecular flexibility index (Phi) is 4.17. The van der Waals surface area contributed by atoms with E-state index in [1.807, 2.05) is 31.2 Å². The van der Waals surface area contributed by atoms with Crippen molar-refractivity contribution in [3.8, 4) is 5.75 Å². The van der Waals surface area contributed by atoms with Gasteiger partial charge in [0.05, 0.1) is 4.92 Å². The maximum Gasteiger partial charge on any atom is 0.294 e. The molecule has 0 unspecified atom stereocenters. The number of nitro benzene ring substituents is 1. The molecule has 3 N–H and O–H groups in total. The molecule has 2 aromatic carbocycles. The van der Waals surface area contributed by atoms with E-state index in [1.165, 1.54) is 6.07 Å². The molecule has 104 valence electrons. The molecule has 0 saturated heterocycles. The molecule has 0 aliphatic carbocycles. The highest BCUT2D eigenvalue weighted by atomic mass is 16.6. The lowest BCUT2D eigenvalue weighted by Gasteiger charge is -2.11. The molecular formula is C14H15N3O3. The number of rotatable bonds is 5. The average molecular weight is 273 g/mol. The molecule has 6 heteroatoms. The highest BCUT2D eigenvalue weighted by Gasteiger charge is 2.16. The zero-order chi connectivity index (χ0) is 14.5. The molecule has 0 aliphatic heterocycles. The van der Waals surface area contributed by atoms with Crippen molar-refractivity contribution in [2.75, 3.05) is 5.43 Å². The van der Waals surface area contributed by atoms with E-state index < -0.39 is 4.92 Å². The number of aryl methyl sites for hydroxylation is 1. The SMILES string of the molecule is Cc1cccc(OCc2cccc([N+](=O)[O-])c2NN)c1. The van der Waals surface area contributed by atoms with Crippen LogP contribution in [0.15, 0.2) is 42.5 Å². The van der Waals surface area contributed by atoms with Crippen molar-refractivity contribution < 1.29 is 9.66 Å². The van der Waals surface area contributed by atoms with Gasteiger partial charge in [0.15, 0.2) is 0 Å². The second-order valence-electron chi connectivity index (χ2n) is 4.32. The molecule has 0 spiro atoms. The van der Waals surface area contributed by atoms with Crippen LogP contribution in [-0.4, -0.2) is 4.92 Å². The molecule has 0 aromatic heterocycles. The number of hydrogen-bond donors (Lipinski definition) is 2. The number of nitro groups is 1. The zero-order valence-electron chi connectivity index (χ0n) is 11.0. The minimum absolute atomic E-state index is 0.0714. The van der Waals surface area contributed by atoms with Crippen molar-refractivity contribution in [2.24, 2.45) is 5.84 Å². The van der Waals surface area contributed by atoms with E-state index in [-0.39, 0.29) is 18.0 Å². The van der Waals surface area contributed by atoms with Crippen LogP contribution in [0.3, 0.4) is 0 Å². The number of hydrazine groups is 1. The van der Waals surface area contributed by atoms with Gasteiger partial charge in [-0.2, -0.15) is 0 Å². The third kappa shape index (κ3) is 3.04. The molecular weight excluding hydrogens is 258 g/mol. The van der Waals surface area contributed by atoms with Gasteiger partial charge in [-0.25, -0.2) is 0 Å². The number of nitrogens with zero attached hydrogens (tertiary/aromatic N) is 1. The van der Waals surface area contributed by atoms with Gasteiger partial charge in [0, 0.05) is 11.6 Å². The molecule has 0 fully saturated rings. The monoisotopic (exact) mass is 273 g/mol. The summed E-state index contributed by atoms with van der Waals surface area (Å²) in [5.74, 6) is 6.08. The van der Waals surface area contributed by atoms with Crippen LogP contribution in [-0.2, 0) is 6.61 Å². The molecule has 20 heavy (non-hydrogen) atoms. The molecule has 0 saturated carbocycles. The predicted octanol–water partition coefficient (Wildman–Crippen LogP) is 2.77. The molecule has 0 bridgehead atoms. The molecule has 0 amide bonds. The average Bonchev–Trinajstić information content (AvgIpc) is 2.44. The van der Waals surface area contributed by atoms with Crippen LogP contribution in [0.4, 0.5) is 11.4 Å². The Morgan fingerprint density at radius 1 is 1.30 bits per heavy atom. The third-order valence-corrected chi connectivity index (χ3v) is 2.85. The predicted molar refractivity (Wildman–Crippen MR) is 76.4 cm³/mol. The van der Waals surface area contributed by atoms with Crippen LogP contribution in [0.2, 0.25) is 0 Å². The largest absolute Gasteiger partial charge is 0.489 e. The number of ether oxygens (including phenoxy) is 1. The summed E-state index contributed by atoms with van der Waals surface area (Å²) in [6, 6.07) is 12.3. The molecule has 0 heterocycles. The van der Waals surface area contributed by atoms with E-state index in [1.54, 1.807) is 12.1 Å². The van der Waals surface area contributed by atoms with Crippen LogP contribution in [0.25, 0.3) is 0 Å². The lowest BCUT2D eigenvalue weighted by molar-refractivity contribution is -0.384. The Labute approximate surface area is 116 Å². The Hall–Kier alpha value is -2.60. The number of hydrogen-bond acceptors (Lipinski definition) is 5. The normalized spacial score (nSPS) is 10.1. The second kappa shape index (κ2) is 6.03. The van der Waals surface area contributed by atoms with Crippen molar-refractivity contribution in [1.82, 2.24) is 0 Å². The van der Waals surface area contributed by atoms with Gasteiger partial charge in [0.1, 0.15) is 18.0 Å². The van der Waals surface area contributed by atoms with Gasteiger partial charge in [0.2, 0.25) is 0 Å². The summed E-state index contributed by atoms with van der Waals surface area (Å²) >= 11 is 0. The fourth-order valence-electron chi connectivity index (χ4n) is 1.89. The number of nitrogen functional groups attached to an aromatic ring is 1. The summed E-state index contributed by atoms with van der Waals surface area (Å²) < 4.78 is 5.63. The smallest absolute Gasteiger partial charge is 0.294 e. The van der Waals surface area contributed by atoms with Crippen molar-refractivity contribution in [3.05, 3.63) is 63.7 Å². The summed E-state index contributed by atoms with van der Waals surface area (Å²) in [7, 11) is 0. The van der Waals surface area contributed by atoms with Crippen LogP contribution in [0.5, 0.6) is 5.75 Å². The van der Waals surface area contributed by atoms with E-state index in [2.05, 4.69) is 5.43 Å². The first kappa shape index (κ1) is 13.8. The first-order valence-corrected chi connectivity index (χ1v) is 6.04. The fraction of sp³-hybridized carbons (Fsp3) is 0.143. The van der Waals surface area contributed by atoms with Crippen molar-refractivity contribution in [1.29, 1.82) is 0 Å². The van der Waals surface area contributed by atoms with Crippen LogP contribution >= 0.6 is 0 Å². The van der Waals surface area contributed by atoms with Crippen molar-refractivity contribution in [3.63, 3.8) is 0 Å². The van der Waals surface area contributed by atoms with Crippen molar-refractivity contribution in [2.45, 2.75) is 13.5 Å². The maximum atomic E-state index is 10.9. The number of anilines is 1. The van der Waals surface area contributed by atoms with E-state index >= 15 is 0 Å². The molecule has 0 aliphatic rings. The zero-order valence-corrected chi connectivity index (χ0v) is 11.0. The van der Waals surface area contributed by atoms with Gasteiger partial charge in [-0.15, -0.1) is 0 Å². The second-order valence-corrected chi connectivity index (χ2v) is 4.32. The highest BCUT2D eigenvalue weighted by molar-refractivity contribution is 5.65.